The van der Waals surface area contributed by atoms with Crippen molar-refractivity contribution in [3.8, 4) is 0 Å². The normalized spacial score (nSPS) is 11.4. The molecule has 18 heavy (non-hydrogen) atoms. The Morgan fingerprint density at radius 2 is 2.00 bits per heavy atom. The van der Waals surface area contributed by atoms with Gasteiger partial charge in [0, 0.05) is 10.6 Å². The molecule has 1 aromatic carbocycles. The van der Waals surface area contributed by atoms with Gasteiger partial charge in [-0.3, -0.25) is 4.79 Å². The number of benzene rings is 1. The van der Waals surface area contributed by atoms with E-state index in [-0.39, 0.29) is 19.1 Å². The number of carbonyl (C=O) groups excluding carboxylic acids is 1. The number of hydrogen-bond acceptors (Lipinski definition) is 3. The van der Waals surface area contributed by atoms with Crippen LogP contribution < -0.4 is 5.32 Å². The van der Waals surface area contributed by atoms with Crippen LogP contribution in [0.1, 0.15) is 29.3 Å². The number of rotatable bonds is 5. The molecule has 1 rings (SSSR count). The van der Waals surface area contributed by atoms with Gasteiger partial charge in [0.05, 0.1) is 18.8 Å². The van der Waals surface area contributed by atoms with Crippen LogP contribution in [0.4, 0.5) is 0 Å². The van der Waals surface area contributed by atoms with Crippen molar-refractivity contribution in [1.29, 1.82) is 0 Å². The van der Waals surface area contributed by atoms with Crippen LogP contribution in [0.5, 0.6) is 0 Å². The summed E-state index contributed by atoms with van der Waals surface area (Å²) in [6, 6.07) is 4.96. The van der Waals surface area contributed by atoms with Gasteiger partial charge in [-0.05, 0) is 37.1 Å². The van der Waals surface area contributed by atoms with Crippen LogP contribution >= 0.6 is 11.6 Å². The van der Waals surface area contributed by atoms with Gasteiger partial charge in [0.1, 0.15) is 0 Å². The van der Waals surface area contributed by atoms with Gasteiger partial charge >= 0.3 is 0 Å². The summed E-state index contributed by atoms with van der Waals surface area (Å²) in [5, 5.41) is 21.8. The van der Waals surface area contributed by atoms with Gasteiger partial charge in [-0.25, -0.2) is 0 Å². The van der Waals surface area contributed by atoms with E-state index in [1.807, 2.05) is 0 Å². The zero-order chi connectivity index (χ0) is 13.8. The van der Waals surface area contributed by atoms with Crippen molar-refractivity contribution in [3.63, 3.8) is 0 Å². The van der Waals surface area contributed by atoms with Crippen LogP contribution in [0.2, 0.25) is 5.02 Å². The van der Waals surface area contributed by atoms with Gasteiger partial charge in [0.15, 0.2) is 0 Å². The molecule has 3 N–H and O–H groups in total. The van der Waals surface area contributed by atoms with E-state index in [4.69, 9.17) is 11.6 Å². The molecule has 100 valence electrons. The Hall–Kier alpha value is -1.10. The van der Waals surface area contributed by atoms with E-state index in [0.717, 1.165) is 5.56 Å². The molecule has 0 aliphatic heterocycles. The highest BCUT2D eigenvalue weighted by Crippen LogP contribution is 2.17. The fourth-order valence-corrected chi connectivity index (χ4v) is 1.86. The van der Waals surface area contributed by atoms with Gasteiger partial charge in [-0.2, -0.15) is 0 Å². The summed E-state index contributed by atoms with van der Waals surface area (Å²) in [5.41, 5.74) is 0.253. The number of amides is 1. The lowest BCUT2D eigenvalue weighted by Gasteiger charge is -2.29. The maximum absolute atomic E-state index is 12.1. The van der Waals surface area contributed by atoms with Crippen LogP contribution in [0.15, 0.2) is 18.2 Å². The molecule has 0 spiro atoms. The third-order valence-corrected chi connectivity index (χ3v) is 3.33. The zero-order valence-electron chi connectivity index (χ0n) is 10.5. The van der Waals surface area contributed by atoms with E-state index in [9.17, 15) is 15.0 Å². The highest BCUT2D eigenvalue weighted by molar-refractivity contribution is 6.30. The predicted octanol–water partition coefficient (Wildman–Crippen LogP) is 1.51. The molecule has 0 atom stereocenters. The summed E-state index contributed by atoms with van der Waals surface area (Å²) in [4.78, 5) is 12.1. The number of carbonyl (C=O) groups is 1. The standard InChI is InChI=1S/C13H18ClNO3/c1-3-13(7-16,8-17)15-12(18)11-5-4-10(14)6-9(11)2/h4-6,16-17H,3,7-8H2,1-2H3,(H,15,18). The summed E-state index contributed by atoms with van der Waals surface area (Å²) < 4.78 is 0. The number of aliphatic hydroxyl groups is 2. The summed E-state index contributed by atoms with van der Waals surface area (Å²) in [5.74, 6) is -0.325. The molecule has 0 bridgehead atoms. The second-order valence-electron chi connectivity index (χ2n) is 4.36. The maximum Gasteiger partial charge on any atom is 0.252 e. The highest BCUT2D eigenvalue weighted by atomic mass is 35.5. The molecule has 1 amide bonds. The van der Waals surface area contributed by atoms with Gasteiger partial charge in [-0.15, -0.1) is 0 Å². The van der Waals surface area contributed by atoms with Crippen LogP contribution in [0, 0.1) is 6.92 Å². The van der Waals surface area contributed by atoms with Crippen molar-refractivity contribution in [2.24, 2.45) is 0 Å². The molecule has 0 aliphatic rings. The van der Waals surface area contributed by atoms with Gasteiger partial charge in [0.25, 0.3) is 5.91 Å². The topological polar surface area (TPSA) is 69.6 Å². The van der Waals surface area contributed by atoms with Crippen molar-refractivity contribution in [3.05, 3.63) is 34.3 Å². The summed E-state index contributed by atoms with van der Waals surface area (Å²) >= 11 is 5.82. The Bertz CT molecular complexity index is 422. The van der Waals surface area contributed by atoms with E-state index >= 15 is 0 Å². The molecule has 1 aromatic rings. The molecule has 0 aromatic heterocycles. The Labute approximate surface area is 112 Å². The lowest BCUT2D eigenvalue weighted by atomic mass is 9.97. The molecular weight excluding hydrogens is 254 g/mol. The largest absolute Gasteiger partial charge is 0.394 e. The molecular formula is C13H18ClNO3. The van der Waals surface area contributed by atoms with E-state index in [2.05, 4.69) is 5.32 Å². The molecule has 0 saturated carbocycles. The van der Waals surface area contributed by atoms with E-state index in [0.29, 0.717) is 17.0 Å². The molecule has 5 heteroatoms. The Morgan fingerprint density at radius 3 is 2.44 bits per heavy atom. The number of nitrogens with one attached hydrogen (secondary N) is 1. The summed E-state index contributed by atoms with van der Waals surface area (Å²) in [6.45, 7) is 2.96. The molecule has 0 saturated heterocycles. The first-order valence-electron chi connectivity index (χ1n) is 5.78. The first kappa shape index (κ1) is 15.0. The van der Waals surface area contributed by atoms with Crippen LogP contribution in [-0.4, -0.2) is 34.9 Å². The molecule has 0 heterocycles. The minimum atomic E-state index is -0.983. The average Bonchev–Trinajstić information content (AvgIpc) is 2.36. The van der Waals surface area contributed by atoms with E-state index < -0.39 is 5.54 Å². The number of aryl methyl sites for hydroxylation is 1. The molecule has 4 nitrogen and oxygen atoms in total. The van der Waals surface area contributed by atoms with Crippen LogP contribution in [0.3, 0.4) is 0 Å². The summed E-state index contributed by atoms with van der Waals surface area (Å²) in [7, 11) is 0. The molecule has 0 radical (unpaired) electrons. The van der Waals surface area contributed by atoms with E-state index in [1.165, 1.54) is 0 Å². The average molecular weight is 272 g/mol. The number of halogens is 1. The quantitative estimate of drug-likeness (QED) is 0.760. The maximum atomic E-state index is 12.1. The van der Waals surface area contributed by atoms with Crippen LogP contribution in [-0.2, 0) is 0 Å². The smallest absolute Gasteiger partial charge is 0.252 e. The first-order valence-corrected chi connectivity index (χ1v) is 6.16. The van der Waals surface area contributed by atoms with E-state index in [1.54, 1.807) is 32.0 Å². The van der Waals surface area contributed by atoms with Crippen molar-refractivity contribution in [1.82, 2.24) is 5.32 Å². The van der Waals surface area contributed by atoms with Crippen molar-refractivity contribution >= 4 is 17.5 Å². The monoisotopic (exact) mass is 271 g/mol. The lowest BCUT2D eigenvalue weighted by Crippen LogP contribution is -2.53. The van der Waals surface area contributed by atoms with Gasteiger partial charge < -0.3 is 15.5 Å². The number of aliphatic hydroxyl groups excluding tert-OH is 2. The Kier molecular flexibility index (Phi) is 5.14. The lowest BCUT2D eigenvalue weighted by molar-refractivity contribution is 0.0652. The minimum absolute atomic E-state index is 0.307. The summed E-state index contributed by atoms with van der Waals surface area (Å²) in [6.07, 6.45) is 0.443. The predicted molar refractivity (Wildman–Crippen MR) is 70.8 cm³/mol. The number of hydrogen-bond donors (Lipinski definition) is 3. The highest BCUT2D eigenvalue weighted by Gasteiger charge is 2.29. The molecule has 0 fully saturated rings. The van der Waals surface area contributed by atoms with Crippen molar-refractivity contribution < 1.29 is 15.0 Å². The third kappa shape index (κ3) is 3.22. The Morgan fingerprint density at radius 1 is 1.39 bits per heavy atom. The second kappa shape index (κ2) is 6.18. The molecule has 0 unspecified atom stereocenters. The molecule has 0 aliphatic carbocycles. The fraction of sp³-hybridized carbons (Fsp3) is 0.462. The van der Waals surface area contributed by atoms with Crippen molar-refractivity contribution in [2.75, 3.05) is 13.2 Å². The van der Waals surface area contributed by atoms with Gasteiger partial charge in [-0.1, -0.05) is 18.5 Å². The van der Waals surface area contributed by atoms with Crippen molar-refractivity contribution in [2.45, 2.75) is 25.8 Å². The third-order valence-electron chi connectivity index (χ3n) is 3.09. The minimum Gasteiger partial charge on any atom is -0.394 e. The first-order chi connectivity index (χ1) is 8.48. The SMILES string of the molecule is CCC(CO)(CO)NC(=O)c1ccc(Cl)cc1C. The Balaban J connectivity index is 2.94. The van der Waals surface area contributed by atoms with Crippen LogP contribution in [0.25, 0.3) is 0 Å². The zero-order valence-corrected chi connectivity index (χ0v) is 11.3. The second-order valence-corrected chi connectivity index (χ2v) is 4.80. The van der Waals surface area contributed by atoms with Gasteiger partial charge in [0.2, 0.25) is 0 Å². The fourth-order valence-electron chi connectivity index (χ4n) is 1.63.